The average molecular weight is 431 g/mol. The molecular weight excluding hydrogens is 404 g/mol. The smallest absolute Gasteiger partial charge is 0.254 e. The number of hydrogen-bond donors (Lipinski definition) is 1. The quantitative estimate of drug-likeness (QED) is 0.633. The molecule has 1 unspecified atom stereocenters. The Morgan fingerprint density at radius 2 is 1.61 bits per heavy atom. The Balaban J connectivity index is 1.22. The fraction of sp³-hybridized carbons (Fsp3) is 0.308. The lowest BCUT2D eigenvalue weighted by atomic mass is 9.93. The van der Waals surface area contributed by atoms with Crippen molar-refractivity contribution >= 4 is 34.3 Å². The average Bonchev–Trinajstić information content (AvgIpc) is 2.83. The molecule has 4 nitrogen and oxygen atoms in total. The maximum absolute atomic E-state index is 13.2. The molecule has 158 valence electrons. The molecule has 2 aliphatic heterocycles. The van der Waals surface area contributed by atoms with Crippen LogP contribution in [-0.2, 0) is 4.79 Å². The van der Waals surface area contributed by atoms with Gasteiger partial charge in [-0.3, -0.25) is 9.59 Å². The summed E-state index contributed by atoms with van der Waals surface area (Å²) in [5.41, 5.74) is 1.98. The highest BCUT2D eigenvalue weighted by Gasteiger charge is 2.30. The van der Waals surface area contributed by atoms with E-state index in [1.807, 2.05) is 65.2 Å². The lowest BCUT2D eigenvalue weighted by Crippen LogP contribution is -2.44. The molecule has 1 N–H and O–H groups in total. The van der Waals surface area contributed by atoms with E-state index in [2.05, 4.69) is 23.5 Å². The van der Waals surface area contributed by atoms with Gasteiger partial charge in [0.15, 0.2) is 0 Å². The third-order valence-electron chi connectivity index (χ3n) is 6.45. The van der Waals surface area contributed by atoms with E-state index >= 15 is 0 Å². The second kappa shape index (κ2) is 8.75. The third-order valence-corrected chi connectivity index (χ3v) is 7.57. The van der Waals surface area contributed by atoms with Gasteiger partial charge < -0.3 is 10.2 Å². The summed E-state index contributed by atoms with van der Waals surface area (Å²) < 4.78 is 0. The Morgan fingerprint density at radius 1 is 0.871 bits per heavy atom. The van der Waals surface area contributed by atoms with Crippen LogP contribution in [0.25, 0.3) is 10.8 Å². The van der Waals surface area contributed by atoms with Crippen molar-refractivity contribution < 1.29 is 9.59 Å². The molecule has 3 aromatic carbocycles. The van der Waals surface area contributed by atoms with Crippen molar-refractivity contribution in [3.63, 3.8) is 0 Å². The van der Waals surface area contributed by atoms with Gasteiger partial charge in [-0.15, -0.1) is 11.8 Å². The van der Waals surface area contributed by atoms with Gasteiger partial charge in [0.05, 0.1) is 6.04 Å². The molecule has 1 saturated heterocycles. The van der Waals surface area contributed by atoms with Crippen LogP contribution in [0.2, 0.25) is 0 Å². The normalized spacial score (nSPS) is 19.1. The van der Waals surface area contributed by atoms with Crippen LogP contribution >= 0.6 is 11.8 Å². The van der Waals surface area contributed by atoms with E-state index < -0.39 is 0 Å². The lowest BCUT2D eigenvalue weighted by Gasteiger charge is -2.33. The van der Waals surface area contributed by atoms with E-state index in [4.69, 9.17) is 0 Å². The van der Waals surface area contributed by atoms with E-state index in [1.165, 1.54) is 10.5 Å². The van der Waals surface area contributed by atoms with Gasteiger partial charge >= 0.3 is 0 Å². The van der Waals surface area contributed by atoms with Crippen LogP contribution in [-0.4, -0.2) is 35.6 Å². The first kappa shape index (κ1) is 20.1. The fourth-order valence-electron chi connectivity index (χ4n) is 4.71. The van der Waals surface area contributed by atoms with E-state index in [0.717, 1.165) is 28.5 Å². The van der Waals surface area contributed by atoms with E-state index in [1.54, 1.807) is 0 Å². The number of likely N-dealkylation sites (tertiary alicyclic amines) is 1. The van der Waals surface area contributed by atoms with Gasteiger partial charge in [-0.1, -0.05) is 54.6 Å². The zero-order valence-electron chi connectivity index (χ0n) is 17.4. The topological polar surface area (TPSA) is 49.4 Å². The van der Waals surface area contributed by atoms with Crippen molar-refractivity contribution in [3.05, 3.63) is 77.9 Å². The molecule has 2 amide bonds. The highest BCUT2D eigenvalue weighted by Crippen LogP contribution is 2.36. The SMILES string of the molecule is O=C(NC1CCSc2ccccc21)C1CCN(C(=O)c2cccc3ccccc23)CC1. The molecule has 0 radical (unpaired) electrons. The van der Waals surface area contributed by atoms with Crippen molar-refractivity contribution in [2.75, 3.05) is 18.8 Å². The second-order valence-corrected chi connectivity index (χ2v) is 9.47. The third kappa shape index (κ3) is 4.07. The van der Waals surface area contributed by atoms with Crippen molar-refractivity contribution in [3.8, 4) is 0 Å². The summed E-state index contributed by atoms with van der Waals surface area (Å²) in [6, 6.07) is 22.3. The number of thioether (sulfide) groups is 1. The summed E-state index contributed by atoms with van der Waals surface area (Å²) in [5.74, 6) is 1.19. The van der Waals surface area contributed by atoms with Gasteiger partial charge in [0, 0.05) is 35.2 Å². The highest BCUT2D eigenvalue weighted by molar-refractivity contribution is 7.99. The van der Waals surface area contributed by atoms with Crippen LogP contribution < -0.4 is 5.32 Å². The molecule has 1 fully saturated rings. The standard InChI is InChI=1S/C26H26N2O2S/c29-25(27-23-14-17-31-24-11-4-3-9-22(23)24)19-12-15-28(16-13-19)26(30)21-10-5-7-18-6-1-2-8-20(18)21/h1-11,19,23H,12-17H2,(H,27,29). The summed E-state index contributed by atoms with van der Waals surface area (Å²) in [4.78, 5) is 29.3. The van der Waals surface area contributed by atoms with Gasteiger partial charge in [-0.25, -0.2) is 0 Å². The molecule has 0 aliphatic carbocycles. The van der Waals surface area contributed by atoms with E-state index in [0.29, 0.717) is 25.9 Å². The van der Waals surface area contributed by atoms with Gasteiger partial charge in [0.25, 0.3) is 5.91 Å². The Morgan fingerprint density at radius 3 is 2.48 bits per heavy atom. The summed E-state index contributed by atoms with van der Waals surface area (Å²) in [7, 11) is 0. The molecule has 1 atom stereocenters. The molecule has 0 bridgehead atoms. The molecule has 0 spiro atoms. The minimum Gasteiger partial charge on any atom is -0.349 e. The zero-order chi connectivity index (χ0) is 21.2. The van der Waals surface area contributed by atoms with Crippen molar-refractivity contribution in [1.29, 1.82) is 0 Å². The van der Waals surface area contributed by atoms with Crippen LogP contribution in [0.1, 0.15) is 41.2 Å². The number of carbonyl (C=O) groups is 2. The number of nitrogens with zero attached hydrogens (tertiary/aromatic N) is 1. The number of carbonyl (C=O) groups excluding carboxylic acids is 2. The van der Waals surface area contributed by atoms with Crippen LogP contribution in [0.5, 0.6) is 0 Å². The minimum absolute atomic E-state index is 0.0293. The summed E-state index contributed by atoms with van der Waals surface area (Å²) >= 11 is 1.86. The first-order valence-electron chi connectivity index (χ1n) is 11.0. The molecular formula is C26H26N2O2S. The number of benzene rings is 3. The van der Waals surface area contributed by atoms with Crippen molar-refractivity contribution in [2.24, 2.45) is 5.92 Å². The number of fused-ring (bicyclic) bond motifs is 2. The molecule has 2 heterocycles. The lowest BCUT2D eigenvalue weighted by molar-refractivity contribution is -0.127. The minimum atomic E-state index is -0.0293. The predicted octanol–water partition coefficient (Wildman–Crippen LogP) is 5.05. The van der Waals surface area contributed by atoms with Gasteiger partial charge in [0.2, 0.25) is 5.91 Å². The van der Waals surface area contributed by atoms with Crippen molar-refractivity contribution in [2.45, 2.75) is 30.2 Å². The Labute approximate surface area is 187 Å². The monoisotopic (exact) mass is 430 g/mol. The van der Waals surface area contributed by atoms with Gasteiger partial charge in [0.1, 0.15) is 0 Å². The molecule has 31 heavy (non-hydrogen) atoms. The number of nitrogens with one attached hydrogen (secondary N) is 1. The molecule has 5 rings (SSSR count). The van der Waals surface area contributed by atoms with Gasteiger partial charge in [-0.2, -0.15) is 0 Å². The molecule has 0 aromatic heterocycles. The van der Waals surface area contributed by atoms with Crippen LogP contribution in [0, 0.1) is 5.92 Å². The summed E-state index contributed by atoms with van der Waals surface area (Å²) in [6.07, 6.45) is 2.39. The van der Waals surface area contributed by atoms with Gasteiger partial charge in [-0.05, 0) is 47.7 Å². The number of piperidine rings is 1. The Kier molecular flexibility index (Phi) is 5.68. The van der Waals surface area contributed by atoms with E-state index in [-0.39, 0.29) is 23.8 Å². The summed E-state index contributed by atoms with van der Waals surface area (Å²) in [5, 5.41) is 5.36. The molecule has 5 heteroatoms. The molecule has 0 saturated carbocycles. The number of amides is 2. The Hall–Kier alpha value is -2.79. The maximum atomic E-state index is 13.2. The summed E-state index contributed by atoms with van der Waals surface area (Å²) in [6.45, 7) is 1.24. The zero-order valence-corrected chi connectivity index (χ0v) is 18.2. The first-order valence-corrected chi connectivity index (χ1v) is 12.0. The van der Waals surface area contributed by atoms with Crippen molar-refractivity contribution in [1.82, 2.24) is 10.2 Å². The predicted molar refractivity (Wildman–Crippen MR) is 125 cm³/mol. The van der Waals surface area contributed by atoms with E-state index in [9.17, 15) is 9.59 Å². The maximum Gasteiger partial charge on any atom is 0.254 e. The number of hydrogen-bond acceptors (Lipinski definition) is 3. The van der Waals surface area contributed by atoms with Crippen LogP contribution in [0.3, 0.4) is 0 Å². The van der Waals surface area contributed by atoms with Crippen LogP contribution in [0.15, 0.2) is 71.6 Å². The first-order chi connectivity index (χ1) is 15.2. The number of rotatable bonds is 3. The van der Waals surface area contributed by atoms with Crippen LogP contribution in [0.4, 0.5) is 0 Å². The highest BCUT2D eigenvalue weighted by atomic mass is 32.2. The largest absolute Gasteiger partial charge is 0.349 e. The molecule has 3 aromatic rings. The fourth-order valence-corrected chi connectivity index (χ4v) is 5.83. The molecule has 2 aliphatic rings. The second-order valence-electron chi connectivity index (χ2n) is 8.33. The Bertz CT molecular complexity index is 1120.